The predicted octanol–water partition coefficient (Wildman–Crippen LogP) is 3.74. The second-order valence-electron chi connectivity index (χ2n) is 4.84. The molecule has 3 heteroatoms. The monoisotopic (exact) mass is 299 g/mol. The van der Waals surface area contributed by atoms with Crippen LogP contribution in [0.4, 0.5) is 0 Å². The number of ether oxygens (including phenoxy) is 1. The summed E-state index contributed by atoms with van der Waals surface area (Å²) >= 11 is 3.42. The van der Waals surface area contributed by atoms with Gasteiger partial charge in [0.2, 0.25) is 0 Å². The van der Waals surface area contributed by atoms with Crippen molar-refractivity contribution in [2.45, 2.75) is 39.3 Å². The van der Waals surface area contributed by atoms with Gasteiger partial charge in [0.05, 0.1) is 13.2 Å². The van der Waals surface area contributed by atoms with Crippen LogP contribution < -0.4 is 5.32 Å². The number of halogens is 1. The van der Waals surface area contributed by atoms with Gasteiger partial charge in [0.25, 0.3) is 0 Å². The van der Waals surface area contributed by atoms with Gasteiger partial charge in [0, 0.05) is 16.6 Å². The Morgan fingerprint density at radius 1 is 1.24 bits per heavy atom. The van der Waals surface area contributed by atoms with Crippen molar-refractivity contribution in [3.05, 3.63) is 34.3 Å². The third kappa shape index (κ3) is 6.20. The van der Waals surface area contributed by atoms with Crippen LogP contribution in [0.1, 0.15) is 32.8 Å². The molecule has 1 rings (SSSR count). The fraction of sp³-hybridized carbons (Fsp3) is 0.571. The average molecular weight is 300 g/mol. The molecule has 17 heavy (non-hydrogen) atoms. The molecular formula is C14H22BrNO. The highest BCUT2D eigenvalue weighted by molar-refractivity contribution is 9.10. The van der Waals surface area contributed by atoms with E-state index in [2.05, 4.69) is 54.2 Å². The minimum absolute atomic E-state index is 0.209. The normalized spacial score (nSPS) is 11.8. The Morgan fingerprint density at radius 2 is 1.88 bits per heavy atom. The van der Waals surface area contributed by atoms with E-state index in [1.54, 1.807) is 0 Å². The quantitative estimate of drug-likeness (QED) is 0.774. The van der Waals surface area contributed by atoms with Crippen molar-refractivity contribution in [2.75, 3.05) is 13.2 Å². The smallest absolute Gasteiger partial charge is 0.0717 e. The van der Waals surface area contributed by atoms with Gasteiger partial charge in [-0.15, -0.1) is 0 Å². The van der Waals surface area contributed by atoms with Gasteiger partial charge in [0.15, 0.2) is 0 Å². The largest absolute Gasteiger partial charge is 0.375 e. The molecule has 0 amide bonds. The summed E-state index contributed by atoms with van der Waals surface area (Å²) in [5, 5.41) is 3.47. The Labute approximate surface area is 113 Å². The summed E-state index contributed by atoms with van der Waals surface area (Å²) in [4.78, 5) is 0. The zero-order valence-corrected chi connectivity index (χ0v) is 12.5. The molecule has 1 aromatic rings. The summed E-state index contributed by atoms with van der Waals surface area (Å²) in [5.41, 5.74) is 1.42. The van der Waals surface area contributed by atoms with Crippen LogP contribution in [-0.2, 0) is 11.3 Å². The number of rotatable bonds is 7. The first-order chi connectivity index (χ1) is 8.03. The van der Waals surface area contributed by atoms with E-state index in [1.165, 1.54) is 5.56 Å². The lowest BCUT2D eigenvalue weighted by atomic mass is 10.0. The Morgan fingerprint density at radius 3 is 2.47 bits per heavy atom. The lowest BCUT2D eigenvalue weighted by Crippen LogP contribution is -2.40. The minimum Gasteiger partial charge on any atom is -0.375 e. The number of benzene rings is 1. The van der Waals surface area contributed by atoms with Gasteiger partial charge in [-0.25, -0.2) is 0 Å². The fourth-order valence-electron chi connectivity index (χ4n) is 1.36. The number of hydrogen-bond donors (Lipinski definition) is 1. The molecule has 0 aromatic heterocycles. The standard InChI is InChI=1S/C14H22BrNO/c1-4-14(2,3)16-9-10-17-11-12-5-7-13(15)8-6-12/h5-8,16H,4,9-11H2,1-3H3. The molecule has 0 bridgehead atoms. The molecule has 0 heterocycles. The number of nitrogens with one attached hydrogen (secondary N) is 1. The van der Waals surface area contributed by atoms with Crippen LogP contribution in [0.15, 0.2) is 28.7 Å². The zero-order chi connectivity index (χ0) is 12.7. The molecule has 0 saturated heterocycles. The van der Waals surface area contributed by atoms with E-state index >= 15 is 0 Å². The molecule has 0 radical (unpaired) electrons. The molecule has 0 spiro atoms. The van der Waals surface area contributed by atoms with Crippen molar-refractivity contribution in [3.8, 4) is 0 Å². The Hall–Kier alpha value is -0.380. The lowest BCUT2D eigenvalue weighted by molar-refractivity contribution is 0.117. The topological polar surface area (TPSA) is 21.3 Å². The molecular weight excluding hydrogens is 278 g/mol. The molecule has 0 saturated carbocycles. The third-order valence-corrected chi connectivity index (χ3v) is 3.44. The van der Waals surface area contributed by atoms with Gasteiger partial charge in [-0.1, -0.05) is 35.0 Å². The Balaban J connectivity index is 2.14. The van der Waals surface area contributed by atoms with Gasteiger partial charge in [-0.2, -0.15) is 0 Å². The first-order valence-corrected chi connectivity index (χ1v) is 6.90. The van der Waals surface area contributed by atoms with Crippen LogP contribution in [0.25, 0.3) is 0 Å². The highest BCUT2D eigenvalue weighted by Crippen LogP contribution is 2.11. The average Bonchev–Trinajstić information content (AvgIpc) is 2.31. The molecule has 0 aliphatic carbocycles. The molecule has 0 aliphatic heterocycles. The number of hydrogen-bond acceptors (Lipinski definition) is 2. The zero-order valence-electron chi connectivity index (χ0n) is 10.9. The summed E-state index contributed by atoms with van der Waals surface area (Å²) in [6.07, 6.45) is 1.12. The molecule has 0 unspecified atom stereocenters. The van der Waals surface area contributed by atoms with E-state index in [0.717, 1.165) is 24.0 Å². The van der Waals surface area contributed by atoms with Gasteiger partial charge in [-0.3, -0.25) is 0 Å². The van der Waals surface area contributed by atoms with E-state index in [0.29, 0.717) is 6.61 Å². The van der Waals surface area contributed by atoms with Crippen molar-refractivity contribution in [1.82, 2.24) is 5.32 Å². The van der Waals surface area contributed by atoms with Crippen molar-refractivity contribution in [1.29, 1.82) is 0 Å². The Kier molecular flexibility index (Phi) is 6.17. The minimum atomic E-state index is 0.209. The molecule has 0 fully saturated rings. The van der Waals surface area contributed by atoms with E-state index in [1.807, 2.05) is 12.1 Å². The summed E-state index contributed by atoms with van der Waals surface area (Å²) in [6.45, 7) is 8.94. The van der Waals surface area contributed by atoms with Gasteiger partial charge in [-0.05, 0) is 38.0 Å². The first-order valence-electron chi connectivity index (χ1n) is 6.11. The molecule has 1 N–H and O–H groups in total. The van der Waals surface area contributed by atoms with E-state index in [4.69, 9.17) is 4.74 Å². The molecule has 96 valence electrons. The maximum Gasteiger partial charge on any atom is 0.0717 e. The van der Waals surface area contributed by atoms with Crippen LogP contribution in [0, 0.1) is 0 Å². The highest BCUT2D eigenvalue weighted by Gasteiger charge is 2.12. The van der Waals surface area contributed by atoms with Crippen LogP contribution in [0.3, 0.4) is 0 Å². The first kappa shape index (κ1) is 14.7. The molecule has 2 nitrogen and oxygen atoms in total. The summed E-state index contributed by atoms with van der Waals surface area (Å²) < 4.78 is 6.73. The van der Waals surface area contributed by atoms with Crippen LogP contribution in [0.2, 0.25) is 0 Å². The van der Waals surface area contributed by atoms with E-state index in [-0.39, 0.29) is 5.54 Å². The fourth-order valence-corrected chi connectivity index (χ4v) is 1.62. The summed E-state index contributed by atoms with van der Waals surface area (Å²) in [5.74, 6) is 0. The predicted molar refractivity (Wildman–Crippen MR) is 76.2 cm³/mol. The maximum absolute atomic E-state index is 5.62. The second-order valence-corrected chi connectivity index (χ2v) is 5.76. The van der Waals surface area contributed by atoms with Crippen LogP contribution in [-0.4, -0.2) is 18.7 Å². The third-order valence-electron chi connectivity index (χ3n) is 2.92. The Bertz CT molecular complexity index is 321. The lowest BCUT2D eigenvalue weighted by Gasteiger charge is -2.24. The van der Waals surface area contributed by atoms with Gasteiger partial charge >= 0.3 is 0 Å². The van der Waals surface area contributed by atoms with Crippen LogP contribution >= 0.6 is 15.9 Å². The van der Waals surface area contributed by atoms with Gasteiger partial charge in [0.1, 0.15) is 0 Å². The maximum atomic E-state index is 5.62. The second kappa shape index (κ2) is 7.14. The molecule has 1 aromatic carbocycles. The van der Waals surface area contributed by atoms with Crippen molar-refractivity contribution in [3.63, 3.8) is 0 Å². The van der Waals surface area contributed by atoms with Crippen molar-refractivity contribution >= 4 is 15.9 Å². The van der Waals surface area contributed by atoms with Gasteiger partial charge < -0.3 is 10.1 Å². The summed E-state index contributed by atoms with van der Waals surface area (Å²) in [7, 11) is 0. The molecule has 0 atom stereocenters. The van der Waals surface area contributed by atoms with Crippen molar-refractivity contribution < 1.29 is 4.74 Å². The SMILES string of the molecule is CCC(C)(C)NCCOCc1ccc(Br)cc1. The van der Waals surface area contributed by atoms with E-state index in [9.17, 15) is 0 Å². The molecule has 0 aliphatic rings. The van der Waals surface area contributed by atoms with Crippen molar-refractivity contribution in [2.24, 2.45) is 0 Å². The van der Waals surface area contributed by atoms with Crippen LogP contribution in [0.5, 0.6) is 0 Å². The van der Waals surface area contributed by atoms with E-state index < -0.39 is 0 Å². The highest BCUT2D eigenvalue weighted by atomic mass is 79.9. The summed E-state index contributed by atoms with van der Waals surface area (Å²) in [6, 6.07) is 8.23.